The summed E-state index contributed by atoms with van der Waals surface area (Å²) in [6.07, 6.45) is 6.69. The van der Waals surface area contributed by atoms with E-state index in [-0.39, 0.29) is 23.2 Å². The Kier molecular flexibility index (Phi) is 6.10. The molecule has 2 fully saturated rings. The van der Waals surface area contributed by atoms with Gasteiger partial charge in [0, 0.05) is 36.1 Å². The van der Waals surface area contributed by atoms with Gasteiger partial charge in [0.1, 0.15) is 10.6 Å². The molecule has 0 saturated carbocycles. The molecule has 0 aromatic carbocycles. The number of hydrogen-bond acceptors (Lipinski definition) is 9. The third kappa shape index (κ3) is 4.44. The highest BCUT2D eigenvalue weighted by Crippen LogP contribution is 2.38. The number of fused-ring (bicyclic) bond motifs is 3. The molecule has 0 unspecified atom stereocenters. The van der Waals surface area contributed by atoms with Crippen molar-refractivity contribution in [2.75, 3.05) is 10.6 Å². The number of aromatic nitrogens is 5. The van der Waals surface area contributed by atoms with E-state index in [0.29, 0.717) is 30.4 Å². The van der Waals surface area contributed by atoms with Gasteiger partial charge < -0.3 is 10.6 Å². The molecule has 6 rings (SSSR count). The highest BCUT2D eigenvalue weighted by Gasteiger charge is 2.44. The molecular formula is C24H28N8O2S2. The standard InChI is InChI=1S/C24H28N8O2S2/c1-15-12-20(31-30-15)27-22-19-9-11-35-23(19)29-24(28-22)26-16-13-17-6-2-3-7-18(14-16)32(17)36(33,34)21-8-4-5-10-25-21/h4-5,8-12,16-18H,2-3,6-7,13-14H2,1H3,(H3,26,27,28,29,30,31)/t16-,17-,18+. The van der Waals surface area contributed by atoms with Crippen LogP contribution in [0, 0.1) is 6.92 Å². The molecule has 0 spiro atoms. The summed E-state index contributed by atoms with van der Waals surface area (Å²) >= 11 is 1.56. The third-order valence-electron chi connectivity index (χ3n) is 6.95. The van der Waals surface area contributed by atoms with E-state index in [1.165, 1.54) is 0 Å². The number of piperidine rings is 1. The monoisotopic (exact) mass is 524 g/mol. The van der Waals surface area contributed by atoms with E-state index in [0.717, 1.165) is 41.6 Å². The maximum atomic E-state index is 13.6. The number of nitrogens with zero attached hydrogens (tertiary/aromatic N) is 5. The number of H-pyrrole nitrogens is 1. The van der Waals surface area contributed by atoms with Crippen LogP contribution in [-0.2, 0) is 10.0 Å². The molecule has 3 N–H and O–H groups in total. The minimum Gasteiger partial charge on any atom is -0.351 e. The second kappa shape index (κ2) is 9.41. The lowest BCUT2D eigenvalue weighted by atomic mass is 9.93. The molecule has 10 nitrogen and oxygen atoms in total. The van der Waals surface area contributed by atoms with E-state index >= 15 is 0 Å². The minimum absolute atomic E-state index is 0.0752. The molecular weight excluding hydrogens is 496 g/mol. The molecule has 4 aromatic heterocycles. The summed E-state index contributed by atoms with van der Waals surface area (Å²) in [5, 5.41) is 17.1. The van der Waals surface area contributed by atoms with Crippen LogP contribution in [-0.4, -0.2) is 56.0 Å². The van der Waals surface area contributed by atoms with Crippen LogP contribution in [0.1, 0.15) is 44.2 Å². The lowest BCUT2D eigenvalue weighted by Crippen LogP contribution is -2.54. The van der Waals surface area contributed by atoms with E-state index in [4.69, 9.17) is 9.97 Å². The van der Waals surface area contributed by atoms with Crippen LogP contribution in [0.4, 0.5) is 17.6 Å². The van der Waals surface area contributed by atoms with Gasteiger partial charge in [-0.2, -0.15) is 14.4 Å². The van der Waals surface area contributed by atoms with E-state index in [2.05, 4.69) is 25.8 Å². The average molecular weight is 525 g/mol. The summed E-state index contributed by atoms with van der Waals surface area (Å²) in [5.41, 5.74) is 0.960. The molecule has 3 atom stereocenters. The van der Waals surface area contributed by atoms with Crippen molar-refractivity contribution < 1.29 is 8.42 Å². The number of sulfonamides is 1. The molecule has 36 heavy (non-hydrogen) atoms. The molecule has 12 heteroatoms. The fourth-order valence-electron chi connectivity index (χ4n) is 5.43. The Labute approximate surface area is 213 Å². The van der Waals surface area contributed by atoms with Crippen molar-refractivity contribution in [3.05, 3.63) is 47.6 Å². The lowest BCUT2D eigenvalue weighted by Gasteiger charge is -2.42. The van der Waals surface area contributed by atoms with Gasteiger partial charge in [0.25, 0.3) is 10.0 Å². The zero-order valence-electron chi connectivity index (χ0n) is 19.9. The second-order valence-corrected chi connectivity index (χ2v) is 12.2. The van der Waals surface area contributed by atoms with Crippen LogP contribution in [0.3, 0.4) is 0 Å². The Hall–Kier alpha value is -3.09. The topological polar surface area (TPSA) is 129 Å². The first-order chi connectivity index (χ1) is 17.5. The van der Waals surface area contributed by atoms with Crippen LogP contribution in [0.2, 0.25) is 0 Å². The van der Waals surface area contributed by atoms with Crippen LogP contribution < -0.4 is 10.6 Å². The molecule has 2 saturated heterocycles. The average Bonchev–Trinajstić information content (AvgIpc) is 3.47. The maximum absolute atomic E-state index is 13.6. The fraction of sp³-hybridized carbons (Fsp3) is 0.417. The summed E-state index contributed by atoms with van der Waals surface area (Å²) < 4.78 is 28.9. The van der Waals surface area contributed by atoms with Gasteiger partial charge in [-0.1, -0.05) is 18.9 Å². The zero-order valence-corrected chi connectivity index (χ0v) is 21.5. The maximum Gasteiger partial charge on any atom is 0.261 e. The predicted octanol–water partition coefficient (Wildman–Crippen LogP) is 4.44. The summed E-state index contributed by atoms with van der Waals surface area (Å²) in [6.45, 7) is 1.95. The Balaban J connectivity index is 1.26. The number of aryl methyl sites for hydroxylation is 1. The van der Waals surface area contributed by atoms with Crippen molar-refractivity contribution in [3.63, 3.8) is 0 Å². The van der Waals surface area contributed by atoms with E-state index < -0.39 is 10.0 Å². The molecule has 2 aliphatic heterocycles. The molecule has 0 aliphatic carbocycles. The van der Waals surface area contributed by atoms with Gasteiger partial charge in [-0.05, 0) is 56.2 Å². The normalized spacial score (nSPS) is 22.9. The Morgan fingerprint density at radius 1 is 1.11 bits per heavy atom. The number of nitrogens with one attached hydrogen (secondary N) is 3. The van der Waals surface area contributed by atoms with Crippen molar-refractivity contribution >= 4 is 49.2 Å². The molecule has 2 aliphatic rings. The van der Waals surface area contributed by atoms with Crippen molar-refractivity contribution in [2.45, 2.75) is 68.6 Å². The number of pyridine rings is 1. The van der Waals surface area contributed by atoms with Gasteiger partial charge in [-0.15, -0.1) is 11.3 Å². The summed E-state index contributed by atoms with van der Waals surface area (Å²) in [7, 11) is -3.66. The van der Waals surface area contributed by atoms with Crippen LogP contribution in [0.5, 0.6) is 0 Å². The third-order valence-corrected chi connectivity index (χ3v) is 9.68. The van der Waals surface area contributed by atoms with Gasteiger partial charge >= 0.3 is 0 Å². The minimum atomic E-state index is -3.66. The number of anilines is 3. The number of thiophene rings is 1. The first-order valence-corrected chi connectivity index (χ1v) is 14.5. The first-order valence-electron chi connectivity index (χ1n) is 12.2. The number of rotatable bonds is 6. The summed E-state index contributed by atoms with van der Waals surface area (Å²) in [4.78, 5) is 14.6. The van der Waals surface area contributed by atoms with Crippen molar-refractivity contribution in [3.8, 4) is 0 Å². The van der Waals surface area contributed by atoms with E-state index in [9.17, 15) is 8.42 Å². The van der Waals surface area contributed by atoms with Gasteiger partial charge in [-0.25, -0.2) is 18.4 Å². The van der Waals surface area contributed by atoms with E-state index in [1.807, 2.05) is 24.4 Å². The van der Waals surface area contributed by atoms with Crippen molar-refractivity contribution in [1.29, 1.82) is 0 Å². The summed E-state index contributed by atoms with van der Waals surface area (Å²) in [5.74, 6) is 1.94. The number of hydrogen-bond donors (Lipinski definition) is 3. The van der Waals surface area contributed by atoms with E-state index in [1.54, 1.807) is 40.0 Å². The highest BCUT2D eigenvalue weighted by molar-refractivity contribution is 7.89. The van der Waals surface area contributed by atoms with Crippen LogP contribution in [0.25, 0.3) is 10.2 Å². The van der Waals surface area contributed by atoms with Crippen LogP contribution >= 0.6 is 11.3 Å². The van der Waals surface area contributed by atoms with Gasteiger partial charge in [0.05, 0.1) is 5.39 Å². The predicted molar refractivity (Wildman–Crippen MR) is 140 cm³/mol. The van der Waals surface area contributed by atoms with Gasteiger partial charge in [-0.3, -0.25) is 5.10 Å². The second-order valence-electron chi connectivity index (χ2n) is 9.50. The quantitative estimate of drug-likeness (QED) is 0.338. The molecule has 2 bridgehead atoms. The Morgan fingerprint density at radius 3 is 2.61 bits per heavy atom. The molecule has 4 aromatic rings. The lowest BCUT2D eigenvalue weighted by molar-refractivity contribution is 0.171. The largest absolute Gasteiger partial charge is 0.351 e. The summed E-state index contributed by atoms with van der Waals surface area (Å²) in [6, 6.07) is 8.90. The van der Waals surface area contributed by atoms with Gasteiger partial charge in [0.15, 0.2) is 10.8 Å². The zero-order chi connectivity index (χ0) is 24.7. The first kappa shape index (κ1) is 23.3. The highest BCUT2D eigenvalue weighted by atomic mass is 32.2. The molecule has 188 valence electrons. The van der Waals surface area contributed by atoms with Crippen LogP contribution in [0.15, 0.2) is 46.9 Å². The molecule has 0 amide bonds. The van der Waals surface area contributed by atoms with Crippen molar-refractivity contribution in [2.24, 2.45) is 0 Å². The SMILES string of the molecule is Cc1cc(Nc2nc(N[C@@H]3C[C@H]4CCCC[C@@H](C3)N4S(=O)(=O)c3ccccn3)nc3sccc23)n[nH]1. The molecule has 0 radical (unpaired) electrons. The Morgan fingerprint density at radius 2 is 1.92 bits per heavy atom. The Bertz CT molecular complexity index is 1450. The fourth-order valence-corrected chi connectivity index (χ4v) is 8.02. The van der Waals surface area contributed by atoms with Gasteiger partial charge in [0.2, 0.25) is 5.95 Å². The number of aromatic amines is 1. The molecule has 6 heterocycles. The smallest absolute Gasteiger partial charge is 0.261 e. The van der Waals surface area contributed by atoms with Crippen molar-refractivity contribution in [1.82, 2.24) is 29.5 Å².